The first-order valence-electron chi connectivity index (χ1n) is 5.63. The summed E-state index contributed by atoms with van der Waals surface area (Å²) in [5.74, 6) is 0.0963. The topological polar surface area (TPSA) is 55.6 Å². The smallest absolute Gasteiger partial charge is 0.248 e. The summed E-state index contributed by atoms with van der Waals surface area (Å²) in [5.41, 5.74) is 5.39. The van der Waals surface area contributed by atoms with Gasteiger partial charge in [-0.15, -0.1) is 0 Å². The molecule has 0 aromatic heterocycles. The fourth-order valence-corrected chi connectivity index (χ4v) is 1.64. The third-order valence-electron chi connectivity index (χ3n) is 2.41. The first kappa shape index (κ1) is 12.5. The van der Waals surface area contributed by atoms with E-state index in [1.807, 2.05) is 18.7 Å². The largest absolute Gasteiger partial charge is 0.370 e. The molecule has 4 heteroatoms. The fraction of sp³-hybridized carbons (Fsp3) is 0.909. The van der Waals surface area contributed by atoms with E-state index in [9.17, 15) is 4.79 Å². The van der Waals surface area contributed by atoms with Gasteiger partial charge in [-0.05, 0) is 33.1 Å². The van der Waals surface area contributed by atoms with Gasteiger partial charge in [0.1, 0.15) is 6.61 Å². The minimum absolute atomic E-state index is 0.0963. The number of nitrogens with two attached hydrogens (primary N) is 1. The van der Waals surface area contributed by atoms with Gasteiger partial charge >= 0.3 is 0 Å². The number of amides is 1. The molecule has 1 fully saturated rings. The highest BCUT2D eigenvalue weighted by molar-refractivity contribution is 5.77. The van der Waals surface area contributed by atoms with Gasteiger partial charge in [-0.25, -0.2) is 0 Å². The molecule has 88 valence electrons. The molecule has 0 spiro atoms. The lowest BCUT2D eigenvalue weighted by molar-refractivity contribution is -0.137. The molecule has 0 aliphatic carbocycles. The summed E-state index contributed by atoms with van der Waals surface area (Å²) in [6, 6.07) is 0. The van der Waals surface area contributed by atoms with E-state index < -0.39 is 0 Å². The molecule has 0 unspecified atom stereocenters. The van der Waals surface area contributed by atoms with Crippen LogP contribution in [0.1, 0.15) is 33.1 Å². The lowest BCUT2D eigenvalue weighted by Gasteiger charge is -2.27. The molecular formula is C11H22N2O2. The summed E-state index contributed by atoms with van der Waals surface area (Å²) in [6.07, 6.45) is 3.47. The molecule has 2 N–H and O–H groups in total. The predicted molar refractivity (Wildman–Crippen MR) is 59.5 cm³/mol. The zero-order valence-corrected chi connectivity index (χ0v) is 9.79. The Bertz CT molecular complexity index is 205. The predicted octanol–water partition coefficient (Wildman–Crippen LogP) is 0.753. The molecule has 0 atom stereocenters. The Morgan fingerprint density at radius 2 is 1.93 bits per heavy atom. The maximum absolute atomic E-state index is 11.6. The Hall–Kier alpha value is -0.610. The standard InChI is InChI=1S/C11H22N2O2/c1-11(2,12)9-15-8-10(14)13-6-4-3-5-7-13/h3-9,12H2,1-2H3. The van der Waals surface area contributed by atoms with E-state index in [2.05, 4.69) is 0 Å². The Labute approximate surface area is 91.8 Å². The highest BCUT2D eigenvalue weighted by Crippen LogP contribution is 2.08. The van der Waals surface area contributed by atoms with Gasteiger partial charge in [0.15, 0.2) is 0 Å². The minimum atomic E-state index is -0.359. The van der Waals surface area contributed by atoms with Gasteiger partial charge in [-0.1, -0.05) is 0 Å². The second-order valence-corrected chi connectivity index (χ2v) is 4.92. The lowest BCUT2D eigenvalue weighted by atomic mass is 10.1. The van der Waals surface area contributed by atoms with E-state index in [-0.39, 0.29) is 18.1 Å². The molecule has 0 radical (unpaired) electrons. The maximum atomic E-state index is 11.6. The number of likely N-dealkylation sites (tertiary alicyclic amines) is 1. The lowest BCUT2D eigenvalue weighted by Crippen LogP contribution is -2.41. The summed E-state index contributed by atoms with van der Waals surface area (Å²) in [7, 11) is 0. The van der Waals surface area contributed by atoms with Crippen molar-refractivity contribution in [2.24, 2.45) is 5.73 Å². The summed E-state index contributed by atoms with van der Waals surface area (Å²) in [5, 5.41) is 0. The van der Waals surface area contributed by atoms with Crippen molar-refractivity contribution in [3.05, 3.63) is 0 Å². The molecule has 0 aromatic carbocycles. The van der Waals surface area contributed by atoms with Crippen LogP contribution in [0.2, 0.25) is 0 Å². The van der Waals surface area contributed by atoms with Gasteiger partial charge in [0.25, 0.3) is 0 Å². The SMILES string of the molecule is CC(C)(N)COCC(=O)N1CCCCC1. The summed E-state index contributed by atoms with van der Waals surface area (Å²) in [4.78, 5) is 13.5. The Morgan fingerprint density at radius 1 is 1.33 bits per heavy atom. The van der Waals surface area contributed by atoms with Crippen molar-refractivity contribution in [2.45, 2.75) is 38.6 Å². The van der Waals surface area contributed by atoms with Crippen LogP contribution in [0.5, 0.6) is 0 Å². The molecule has 15 heavy (non-hydrogen) atoms. The van der Waals surface area contributed by atoms with Crippen LogP contribution in [-0.2, 0) is 9.53 Å². The first-order valence-corrected chi connectivity index (χ1v) is 5.63. The molecule has 1 aliphatic rings. The quantitative estimate of drug-likeness (QED) is 0.751. The number of rotatable bonds is 4. The van der Waals surface area contributed by atoms with Crippen LogP contribution in [0.4, 0.5) is 0 Å². The van der Waals surface area contributed by atoms with Crippen molar-refractivity contribution in [1.29, 1.82) is 0 Å². The van der Waals surface area contributed by atoms with Crippen molar-refractivity contribution in [3.63, 3.8) is 0 Å². The number of piperidine rings is 1. The molecule has 1 rings (SSSR count). The third-order valence-corrected chi connectivity index (χ3v) is 2.41. The second kappa shape index (κ2) is 5.47. The molecule has 1 amide bonds. The van der Waals surface area contributed by atoms with E-state index >= 15 is 0 Å². The highest BCUT2D eigenvalue weighted by Gasteiger charge is 2.17. The van der Waals surface area contributed by atoms with Crippen LogP contribution >= 0.6 is 0 Å². The van der Waals surface area contributed by atoms with Crippen LogP contribution in [-0.4, -0.2) is 42.6 Å². The molecule has 0 saturated carbocycles. The number of nitrogens with zero attached hydrogens (tertiary/aromatic N) is 1. The maximum Gasteiger partial charge on any atom is 0.248 e. The first-order chi connectivity index (χ1) is 6.99. The van der Waals surface area contributed by atoms with Gasteiger partial charge in [-0.3, -0.25) is 4.79 Å². The van der Waals surface area contributed by atoms with E-state index in [0.29, 0.717) is 6.61 Å². The van der Waals surface area contributed by atoms with E-state index in [1.165, 1.54) is 6.42 Å². The summed E-state index contributed by atoms with van der Waals surface area (Å²) in [6.45, 7) is 6.13. The average Bonchev–Trinajstić information content (AvgIpc) is 2.17. The molecule has 1 heterocycles. The zero-order chi connectivity index (χ0) is 11.3. The molecule has 0 aromatic rings. The van der Waals surface area contributed by atoms with Crippen molar-refractivity contribution in [2.75, 3.05) is 26.3 Å². The van der Waals surface area contributed by atoms with Crippen LogP contribution in [0.25, 0.3) is 0 Å². The molecule has 1 saturated heterocycles. The van der Waals surface area contributed by atoms with Gasteiger partial charge in [0.2, 0.25) is 5.91 Å². The van der Waals surface area contributed by atoms with Crippen LogP contribution in [0.15, 0.2) is 0 Å². The van der Waals surface area contributed by atoms with Crippen LogP contribution < -0.4 is 5.73 Å². The van der Waals surface area contributed by atoms with Crippen LogP contribution in [0, 0.1) is 0 Å². The zero-order valence-electron chi connectivity index (χ0n) is 9.79. The number of hydrogen-bond donors (Lipinski definition) is 1. The number of ether oxygens (including phenoxy) is 1. The summed E-state index contributed by atoms with van der Waals surface area (Å²) < 4.78 is 5.30. The van der Waals surface area contributed by atoms with Crippen molar-refractivity contribution < 1.29 is 9.53 Å². The Kier molecular flexibility index (Phi) is 4.54. The van der Waals surface area contributed by atoms with Crippen molar-refractivity contribution in [1.82, 2.24) is 4.90 Å². The van der Waals surface area contributed by atoms with E-state index in [4.69, 9.17) is 10.5 Å². The van der Waals surface area contributed by atoms with Crippen molar-refractivity contribution >= 4 is 5.91 Å². The normalized spacial score (nSPS) is 17.9. The summed E-state index contributed by atoms with van der Waals surface area (Å²) >= 11 is 0. The fourth-order valence-electron chi connectivity index (χ4n) is 1.64. The molecule has 4 nitrogen and oxygen atoms in total. The Morgan fingerprint density at radius 3 is 2.47 bits per heavy atom. The number of carbonyl (C=O) groups is 1. The average molecular weight is 214 g/mol. The van der Waals surface area contributed by atoms with Gasteiger partial charge in [0.05, 0.1) is 6.61 Å². The number of hydrogen-bond acceptors (Lipinski definition) is 3. The molecular weight excluding hydrogens is 192 g/mol. The second-order valence-electron chi connectivity index (χ2n) is 4.92. The monoisotopic (exact) mass is 214 g/mol. The van der Waals surface area contributed by atoms with Crippen molar-refractivity contribution in [3.8, 4) is 0 Å². The Balaban J connectivity index is 2.17. The van der Waals surface area contributed by atoms with Crippen LogP contribution in [0.3, 0.4) is 0 Å². The van der Waals surface area contributed by atoms with E-state index in [1.54, 1.807) is 0 Å². The minimum Gasteiger partial charge on any atom is -0.370 e. The van der Waals surface area contributed by atoms with Gasteiger partial charge < -0.3 is 15.4 Å². The number of carbonyl (C=O) groups excluding carboxylic acids is 1. The molecule has 1 aliphatic heterocycles. The van der Waals surface area contributed by atoms with Gasteiger partial charge in [-0.2, -0.15) is 0 Å². The van der Waals surface area contributed by atoms with E-state index in [0.717, 1.165) is 25.9 Å². The third kappa shape index (κ3) is 5.14. The molecule has 0 bridgehead atoms. The highest BCUT2D eigenvalue weighted by atomic mass is 16.5. The van der Waals surface area contributed by atoms with Gasteiger partial charge in [0, 0.05) is 18.6 Å².